The van der Waals surface area contributed by atoms with Gasteiger partial charge < -0.3 is 21.3 Å². The topological polar surface area (TPSA) is 98.6 Å². The molecular formula is C11H16N2O3. The third-order valence-electron chi connectivity index (χ3n) is 2.28. The maximum atomic E-state index is 11.0. The Bertz CT molecular complexity index is 375. The lowest BCUT2D eigenvalue weighted by molar-refractivity contribution is 0.0690. The van der Waals surface area contributed by atoms with E-state index in [9.17, 15) is 4.79 Å². The minimum absolute atomic E-state index is 0.00519. The maximum Gasteiger partial charge on any atom is 0.341 e. The molecule has 1 rings (SSSR count). The number of benzene rings is 1. The molecule has 0 heterocycles. The molecule has 1 aromatic rings. The molecule has 0 aromatic heterocycles. The molecule has 0 aliphatic heterocycles. The van der Waals surface area contributed by atoms with E-state index in [2.05, 4.69) is 0 Å². The molecule has 1 atom stereocenters. The summed E-state index contributed by atoms with van der Waals surface area (Å²) in [6, 6.07) is 4.76. The Kier molecular flexibility index (Phi) is 4.13. The third-order valence-corrected chi connectivity index (χ3v) is 2.28. The van der Waals surface area contributed by atoms with Crippen LogP contribution < -0.4 is 16.2 Å². The summed E-state index contributed by atoms with van der Waals surface area (Å²) in [6.45, 7) is 2.26. The van der Waals surface area contributed by atoms with Crippen LogP contribution in [0.25, 0.3) is 0 Å². The van der Waals surface area contributed by atoms with Gasteiger partial charge in [-0.2, -0.15) is 0 Å². The van der Waals surface area contributed by atoms with Crippen LogP contribution in [0.5, 0.6) is 5.75 Å². The largest absolute Gasteiger partial charge is 0.488 e. The maximum absolute atomic E-state index is 11.0. The van der Waals surface area contributed by atoms with Crippen LogP contribution in [0.2, 0.25) is 0 Å². The molecule has 0 radical (unpaired) electrons. The van der Waals surface area contributed by atoms with Gasteiger partial charge >= 0.3 is 5.97 Å². The molecule has 0 aliphatic carbocycles. The molecule has 0 saturated carbocycles. The van der Waals surface area contributed by atoms with E-state index in [1.54, 1.807) is 12.1 Å². The van der Waals surface area contributed by atoms with Crippen LogP contribution in [0.1, 0.15) is 23.7 Å². The summed E-state index contributed by atoms with van der Waals surface area (Å²) in [5.41, 5.74) is 11.3. The molecular weight excluding hydrogens is 208 g/mol. The first-order chi connectivity index (χ1) is 7.60. The van der Waals surface area contributed by atoms with Gasteiger partial charge in [0.05, 0.1) is 0 Å². The Morgan fingerprint density at radius 1 is 1.56 bits per heavy atom. The fourth-order valence-electron chi connectivity index (χ4n) is 1.35. The molecule has 0 saturated heterocycles. The van der Waals surface area contributed by atoms with Crippen LogP contribution in [0.15, 0.2) is 18.2 Å². The molecule has 0 spiro atoms. The van der Waals surface area contributed by atoms with Crippen molar-refractivity contribution in [1.82, 2.24) is 0 Å². The highest BCUT2D eigenvalue weighted by atomic mass is 16.5. The lowest BCUT2D eigenvalue weighted by atomic mass is 10.1. The second kappa shape index (κ2) is 5.37. The van der Waals surface area contributed by atoms with Crippen molar-refractivity contribution in [2.75, 3.05) is 12.3 Å². The van der Waals surface area contributed by atoms with Crippen molar-refractivity contribution in [2.24, 2.45) is 5.73 Å². The Labute approximate surface area is 94.0 Å². The number of carbonyl (C=O) groups is 1. The predicted octanol–water partition coefficient (Wildman–Crippen LogP) is 1.08. The first kappa shape index (κ1) is 12.3. The standard InChI is InChI=1S/C11H16N2O3/c1-2-7(6-12)16-9-5-3-4-8(13)10(9)11(14)15/h3-5,7H,2,6,12-13H2,1H3,(H,14,15)/t7-/m0/s1. The van der Waals surface area contributed by atoms with Gasteiger partial charge in [-0.3, -0.25) is 0 Å². The van der Waals surface area contributed by atoms with Crippen LogP contribution >= 0.6 is 0 Å². The molecule has 5 heteroatoms. The fraction of sp³-hybridized carbons (Fsp3) is 0.364. The van der Waals surface area contributed by atoms with E-state index in [0.29, 0.717) is 13.0 Å². The van der Waals surface area contributed by atoms with E-state index < -0.39 is 5.97 Å². The number of ether oxygens (including phenoxy) is 1. The van der Waals surface area contributed by atoms with E-state index >= 15 is 0 Å². The summed E-state index contributed by atoms with van der Waals surface area (Å²) in [4.78, 5) is 11.0. The van der Waals surface area contributed by atoms with Crippen molar-refractivity contribution in [3.05, 3.63) is 23.8 Å². The molecule has 88 valence electrons. The van der Waals surface area contributed by atoms with Gasteiger partial charge in [-0.15, -0.1) is 0 Å². The molecule has 0 fully saturated rings. The number of nitrogens with two attached hydrogens (primary N) is 2. The zero-order chi connectivity index (χ0) is 12.1. The first-order valence-electron chi connectivity index (χ1n) is 5.08. The summed E-state index contributed by atoms with van der Waals surface area (Å²) >= 11 is 0. The molecule has 5 N–H and O–H groups in total. The van der Waals surface area contributed by atoms with E-state index in [4.69, 9.17) is 21.3 Å². The van der Waals surface area contributed by atoms with Gasteiger partial charge in [0.2, 0.25) is 0 Å². The van der Waals surface area contributed by atoms with Crippen molar-refractivity contribution in [3.8, 4) is 5.75 Å². The van der Waals surface area contributed by atoms with Gasteiger partial charge in [-0.05, 0) is 18.6 Å². The number of hydrogen-bond donors (Lipinski definition) is 3. The smallest absolute Gasteiger partial charge is 0.341 e. The highest BCUT2D eigenvalue weighted by Crippen LogP contribution is 2.25. The fourth-order valence-corrected chi connectivity index (χ4v) is 1.35. The zero-order valence-electron chi connectivity index (χ0n) is 9.14. The lowest BCUT2D eigenvalue weighted by Gasteiger charge is -2.17. The monoisotopic (exact) mass is 224 g/mol. The molecule has 16 heavy (non-hydrogen) atoms. The minimum Gasteiger partial charge on any atom is -0.488 e. The quantitative estimate of drug-likeness (QED) is 0.650. The summed E-state index contributed by atoms with van der Waals surface area (Å²) in [7, 11) is 0. The van der Waals surface area contributed by atoms with Crippen LogP contribution in [0.3, 0.4) is 0 Å². The second-order valence-corrected chi connectivity index (χ2v) is 3.41. The lowest BCUT2D eigenvalue weighted by Crippen LogP contribution is -2.26. The second-order valence-electron chi connectivity index (χ2n) is 3.41. The summed E-state index contributed by atoms with van der Waals surface area (Å²) in [5.74, 6) is -0.829. The normalized spacial score (nSPS) is 12.1. The van der Waals surface area contributed by atoms with Gasteiger partial charge in [0.15, 0.2) is 0 Å². The Hall–Kier alpha value is -1.75. The van der Waals surface area contributed by atoms with Crippen molar-refractivity contribution >= 4 is 11.7 Å². The molecule has 0 bridgehead atoms. The van der Waals surface area contributed by atoms with Gasteiger partial charge in [0.1, 0.15) is 17.4 Å². The SMILES string of the molecule is CC[C@@H](CN)Oc1cccc(N)c1C(=O)O. The molecule has 0 aliphatic rings. The summed E-state index contributed by atoms with van der Waals surface area (Å²) in [5, 5.41) is 9.01. The number of nitrogen functional groups attached to an aromatic ring is 1. The third kappa shape index (κ3) is 2.64. The van der Waals surface area contributed by atoms with Gasteiger partial charge in [0.25, 0.3) is 0 Å². The van der Waals surface area contributed by atoms with Gasteiger partial charge in [-0.25, -0.2) is 4.79 Å². The highest BCUT2D eigenvalue weighted by molar-refractivity contribution is 5.96. The molecule has 5 nitrogen and oxygen atoms in total. The van der Waals surface area contributed by atoms with Crippen LogP contribution in [-0.4, -0.2) is 23.7 Å². The average Bonchev–Trinajstić information content (AvgIpc) is 2.25. The predicted molar refractivity (Wildman–Crippen MR) is 61.6 cm³/mol. The number of carboxylic acid groups (broad SMARTS) is 1. The van der Waals surface area contributed by atoms with Gasteiger partial charge in [-0.1, -0.05) is 13.0 Å². The summed E-state index contributed by atoms with van der Waals surface area (Å²) in [6.07, 6.45) is 0.518. The van der Waals surface area contributed by atoms with Gasteiger partial charge in [0, 0.05) is 12.2 Å². The molecule has 1 aromatic carbocycles. The Balaban J connectivity index is 3.03. The molecule has 0 unspecified atom stereocenters. The number of anilines is 1. The van der Waals surface area contributed by atoms with Crippen molar-refractivity contribution in [1.29, 1.82) is 0 Å². The summed E-state index contributed by atoms with van der Waals surface area (Å²) < 4.78 is 5.50. The highest BCUT2D eigenvalue weighted by Gasteiger charge is 2.17. The number of aromatic carboxylic acids is 1. The number of hydrogen-bond acceptors (Lipinski definition) is 4. The Morgan fingerprint density at radius 3 is 2.75 bits per heavy atom. The number of carboxylic acids is 1. The van der Waals surface area contributed by atoms with Crippen LogP contribution in [-0.2, 0) is 0 Å². The zero-order valence-corrected chi connectivity index (χ0v) is 9.14. The number of rotatable bonds is 5. The van der Waals surface area contributed by atoms with Crippen molar-refractivity contribution in [3.63, 3.8) is 0 Å². The van der Waals surface area contributed by atoms with Crippen LogP contribution in [0.4, 0.5) is 5.69 Å². The van der Waals surface area contributed by atoms with E-state index in [1.165, 1.54) is 6.07 Å². The minimum atomic E-state index is -1.10. The van der Waals surface area contributed by atoms with Crippen molar-refractivity contribution < 1.29 is 14.6 Å². The van der Waals surface area contributed by atoms with E-state index in [-0.39, 0.29) is 23.1 Å². The molecule has 0 amide bonds. The first-order valence-corrected chi connectivity index (χ1v) is 5.08. The van der Waals surface area contributed by atoms with Crippen molar-refractivity contribution in [2.45, 2.75) is 19.4 Å². The van der Waals surface area contributed by atoms with E-state index in [1.807, 2.05) is 6.92 Å². The van der Waals surface area contributed by atoms with E-state index in [0.717, 1.165) is 0 Å². The average molecular weight is 224 g/mol. The Morgan fingerprint density at radius 2 is 2.25 bits per heavy atom. The van der Waals surface area contributed by atoms with Crippen LogP contribution in [0, 0.1) is 0 Å².